The number of amides is 2. The number of pyridine rings is 1. The van der Waals surface area contributed by atoms with Crippen LogP contribution in [0.1, 0.15) is 25.7 Å². The van der Waals surface area contributed by atoms with Gasteiger partial charge in [-0.1, -0.05) is 0 Å². The van der Waals surface area contributed by atoms with Crippen LogP contribution in [0.15, 0.2) is 12.1 Å². The van der Waals surface area contributed by atoms with Gasteiger partial charge in [0, 0.05) is 13.1 Å². The van der Waals surface area contributed by atoms with Gasteiger partial charge < -0.3 is 27.0 Å². The van der Waals surface area contributed by atoms with Gasteiger partial charge in [-0.3, -0.25) is 9.59 Å². The van der Waals surface area contributed by atoms with Gasteiger partial charge in [0.1, 0.15) is 17.9 Å². The van der Waals surface area contributed by atoms with Gasteiger partial charge in [-0.15, -0.1) is 0 Å². The van der Waals surface area contributed by atoms with Gasteiger partial charge >= 0.3 is 0 Å². The molecule has 1 aromatic rings. The number of hydrogen-bond donors (Lipinski definition) is 3. The van der Waals surface area contributed by atoms with Gasteiger partial charge in [0.05, 0.1) is 5.69 Å². The fourth-order valence-corrected chi connectivity index (χ4v) is 3.49. The number of hydrogen-bond acceptors (Lipinski definition) is 6. The molecule has 124 valence electrons. The van der Waals surface area contributed by atoms with Crippen molar-refractivity contribution in [3.63, 3.8) is 0 Å². The van der Waals surface area contributed by atoms with Crippen LogP contribution in [0, 0.1) is 0 Å². The zero-order valence-electron chi connectivity index (χ0n) is 12.9. The number of aromatic nitrogens is 1. The molecule has 0 aromatic carbocycles. The Balaban J connectivity index is 1.93. The Morgan fingerprint density at radius 1 is 1.00 bits per heavy atom. The van der Waals surface area contributed by atoms with E-state index in [1.54, 1.807) is 12.1 Å². The van der Waals surface area contributed by atoms with Crippen LogP contribution >= 0.6 is 0 Å². The van der Waals surface area contributed by atoms with Crippen LogP contribution in [-0.4, -0.2) is 42.0 Å². The highest BCUT2D eigenvalue weighted by molar-refractivity contribution is 5.86. The molecule has 2 amide bonds. The van der Waals surface area contributed by atoms with E-state index in [-0.39, 0.29) is 23.9 Å². The highest BCUT2D eigenvalue weighted by atomic mass is 16.2. The highest BCUT2D eigenvalue weighted by Crippen LogP contribution is 2.32. The van der Waals surface area contributed by atoms with Crippen molar-refractivity contribution in [2.24, 2.45) is 11.5 Å². The minimum atomic E-state index is -0.384. The van der Waals surface area contributed by atoms with Crippen molar-refractivity contribution < 1.29 is 9.59 Å². The van der Waals surface area contributed by atoms with Crippen LogP contribution in [0.25, 0.3) is 0 Å². The average Bonchev–Trinajstić information content (AvgIpc) is 3.16. The van der Waals surface area contributed by atoms with Crippen LogP contribution in [0.3, 0.4) is 0 Å². The molecule has 2 saturated heterocycles. The highest BCUT2D eigenvalue weighted by Gasteiger charge is 2.33. The van der Waals surface area contributed by atoms with Crippen molar-refractivity contribution in [3.8, 4) is 0 Å². The quantitative estimate of drug-likeness (QED) is 0.690. The van der Waals surface area contributed by atoms with Crippen LogP contribution in [0.2, 0.25) is 0 Å². The standard InChI is InChI=1S/C15H22N6O2/c16-9-5-6-12(20-7-1-3-10(20)13(17)22)19-15(9)21-8-2-4-11(21)14(18)23/h5-6,10-11H,1-4,7-8,16H2,(H2,17,22)(H2,18,23). The number of carbonyl (C=O) groups is 2. The van der Waals surface area contributed by atoms with Crippen LogP contribution in [0.4, 0.5) is 17.3 Å². The molecule has 8 heteroatoms. The van der Waals surface area contributed by atoms with E-state index in [9.17, 15) is 9.59 Å². The van der Waals surface area contributed by atoms with Gasteiger partial charge in [-0.05, 0) is 37.8 Å². The first-order valence-electron chi connectivity index (χ1n) is 7.87. The van der Waals surface area contributed by atoms with Gasteiger partial charge in [-0.2, -0.15) is 0 Å². The second kappa shape index (κ2) is 5.94. The number of nitrogens with zero attached hydrogens (tertiary/aromatic N) is 3. The van der Waals surface area contributed by atoms with E-state index in [0.717, 1.165) is 25.8 Å². The lowest BCUT2D eigenvalue weighted by Gasteiger charge is -2.28. The lowest BCUT2D eigenvalue weighted by atomic mass is 10.2. The molecule has 2 aliphatic rings. The SMILES string of the molecule is NC(=O)C1CCCN1c1ccc(N)c(N2CCCC2C(N)=O)n1. The smallest absolute Gasteiger partial charge is 0.240 e. The van der Waals surface area contributed by atoms with Gasteiger partial charge in [0.25, 0.3) is 0 Å². The largest absolute Gasteiger partial charge is 0.396 e. The normalized spacial score (nSPS) is 24.2. The Morgan fingerprint density at radius 2 is 1.57 bits per heavy atom. The lowest BCUT2D eigenvalue weighted by Crippen LogP contribution is -2.42. The van der Waals surface area contributed by atoms with E-state index in [2.05, 4.69) is 4.98 Å². The fraction of sp³-hybridized carbons (Fsp3) is 0.533. The number of primary amides is 2. The maximum Gasteiger partial charge on any atom is 0.240 e. The summed E-state index contributed by atoms with van der Waals surface area (Å²) < 4.78 is 0. The van der Waals surface area contributed by atoms with Crippen molar-refractivity contribution in [2.45, 2.75) is 37.8 Å². The van der Waals surface area contributed by atoms with Gasteiger partial charge in [-0.25, -0.2) is 4.98 Å². The third kappa shape index (κ3) is 2.76. The summed E-state index contributed by atoms with van der Waals surface area (Å²) in [6.07, 6.45) is 3.19. The predicted molar refractivity (Wildman–Crippen MR) is 87.8 cm³/mol. The van der Waals surface area contributed by atoms with Crippen molar-refractivity contribution in [3.05, 3.63) is 12.1 Å². The predicted octanol–water partition coefficient (Wildman–Crippen LogP) is -0.428. The molecular formula is C15H22N6O2. The van der Waals surface area contributed by atoms with E-state index in [4.69, 9.17) is 17.2 Å². The fourth-order valence-electron chi connectivity index (χ4n) is 3.49. The second-order valence-corrected chi connectivity index (χ2v) is 6.09. The minimum Gasteiger partial charge on any atom is -0.396 e. The molecule has 0 aliphatic carbocycles. The van der Waals surface area contributed by atoms with E-state index >= 15 is 0 Å². The Labute approximate surface area is 134 Å². The molecule has 2 aliphatic heterocycles. The Bertz CT molecular complexity index is 634. The van der Waals surface area contributed by atoms with E-state index < -0.39 is 0 Å². The molecule has 1 aromatic heterocycles. The third-order valence-electron chi connectivity index (χ3n) is 4.62. The zero-order valence-corrected chi connectivity index (χ0v) is 12.9. The Morgan fingerprint density at radius 3 is 2.17 bits per heavy atom. The van der Waals surface area contributed by atoms with Crippen molar-refractivity contribution >= 4 is 29.1 Å². The Kier molecular flexibility index (Phi) is 3.97. The van der Waals surface area contributed by atoms with E-state index in [1.807, 2.05) is 9.80 Å². The number of rotatable bonds is 4. The maximum atomic E-state index is 11.6. The molecule has 0 radical (unpaired) electrons. The molecule has 6 N–H and O–H groups in total. The summed E-state index contributed by atoms with van der Waals surface area (Å²) in [5, 5.41) is 0. The number of anilines is 3. The van der Waals surface area contributed by atoms with Crippen molar-refractivity contribution in [2.75, 3.05) is 28.6 Å². The summed E-state index contributed by atoms with van der Waals surface area (Å²) in [5.74, 6) is 0.494. The molecule has 0 spiro atoms. The molecule has 0 saturated carbocycles. The molecule has 2 fully saturated rings. The number of carbonyl (C=O) groups excluding carboxylic acids is 2. The zero-order chi connectivity index (χ0) is 16.6. The maximum absolute atomic E-state index is 11.6. The summed E-state index contributed by atoms with van der Waals surface area (Å²) in [4.78, 5) is 31.6. The summed E-state index contributed by atoms with van der Waals surface area (Å²) in [6, 6.07) is 2.81. The first-order chi connectivity index (χ1) is 11.0. The summed E-state index contributed by atoms with van der Waals surface area (Å²) in [5.41, 5.74) is 17.5. The molecule has 3 heterocycles. The summed E-state index contributed by atoms with van der Waals surface area (Å²) >= 11 is 0. The van der Waals surface area contributed by atoms with Crippen LogP contribution in [-0.2, 0) is 9.59 Å². The topological polar surface area (TPSA) is 132 Å². The molecule has 8 nitrogen and oxygen atoms in total. The summed E-state index contributed by atoms with van der Waals surface area (Å²) in [7, 11) is 0. The minimum absolute atomic E-state index is 0.343. The third-order valence-corrected chi connectivity index (χ3v) is 4.62. The molecule has 0 bridgehead atoms. The number of nitrogen functional groups attached to an aromatic ring is 1. The Hall–Kier alpha value is -2.51. The average molecular weight is 318 g/mol. The molecule has 2 unspecified atom stereocenters. The first-order valence-corrected chi connectivity index (χ1v) is 7.87. The van der Waals surface area contributed by atoms with Crippen LogP contribution < -0.4 is 27.0 Å². The molecule has 23 heavy (non-hydrogen) atoms. The van der Waals surface area contributed by atoms with Crippen LogP contribution in [0.5, 0.6) is 0 Å². The van der Waals surface area contributed by atoms with Crippen molar-refractivity contribution in [1.82, 2.24) is 4.98 Å². The second-order valence-electron chi connectivity index (χ2n) is 6.09. The van der Waals surface area contributed by atoms with E-state index in [1.165, 1.54) is 0 Å². The molecule has 2 atom stereocenters. The summed E-state index contributed by atoms with van der Waals surface area (Å²) in [6.45, 7) is 1.41. The molecular weight excluding hydrogens is 296 g/mol. The van der Waals surface area contributed by atoms with Gasteiger partial charge in [0.15, 0.2) is 5.82 Å². The monoisotopic (exact) mass is 318 g/mol. The number of nitrogens with two attached hydrogens (primary N) is 3. The molecule has 3 rings (SSSR count). The lowest BCUT2D eigenvalue weighted by molar-refractivity contribution is -0.119. The van der Waals surface area contributed by atoms with Gasteiger partial charge in [0.2, 0.25) is 11.8 Å². The van der Waals surface area contributed by atoms with Crippen molar-refractivity contribution in [1.29, 1.82) is 0 Å². The first kappa shape index (κ1) is 15.4. The van der Waals surface area contributed by atoms with E-state index in [0.29, 0.717) is 30.3 Å².